The van der Waals surface area contributed by atoms with E-state index < -0.39 is 66.3 Å². The lowest BCUT2D eigenvalue weighted by Crippen LogP contribution is -2.60. The molecule has 8 N–H and O–H groups in total. The molecule has 3 aliphatic rings. The molecule has 0 radical (unpaired) electrons. The zero-order chi connectivity index (χ0) is 30.8. The third-order valence-electron chi connectivity index (χ3n) is 6.73. The molecule has 43 heavy (non-hydrogen) atoms. The maximum atomic E-state index is 12.0. The average molecular weight is 597 g/mol. The first-order valence-corrected chi connectivity index (χ1v) is 13.0. The number of ether oxygens (including phenoxy) is 3. The highest BCUT2D eigenvalue weighted by Crippen LogP contribution is 2.43. The zero-order valence-electron chi connectivity index (χ0n) is 22.2. The molecule has 2 heterocycles. The summed E-state index contributed by atoms with van der Waals surface area (Å²) in [5.74, 6) is -1.59. The minimum Gasteiger partial charge on any atom is -0.508 e. The van der Waals surface area contributed by atoms with E-state index in [1.165, 1.54) is 42.5 Å². The van der Waals surface area contributed by atoms with Crippen LogP contribution in [0.4, 0.5) is 0 Å². The van der Waals surface area contributed by atoms with Crippen LogP contribution in [0.3, 0.4) is 0 Å². The second-order valence-corrected chi connectivity index (χ2v) is 9.80. The molecule has 6 unspecified atom stereocenters. The maximum Gasteiger partial charge on any atom is 0.229 e. The van der Waals surface area contributed by atoms with Gasteiger partial charge in [-0.3, -0.25) is 4.79 Å². The van der Waals surface area contributed by atoms with Gasteiger partial charge < -0.3 is 59.5 Å². The van der Waals surface area contributed by atoms with Gasteiger partial charge in [0.25, 0.3) is 0 Å². The van der Waals surface area contributed by atoms with Crippen molar-refractivity contribution in [2.45, 2.75) is 37.0 Å². The predicted octanol–water partition coefficient (Wildman–Crippen LogP) is 1.47. The van der Waals surface area contributed by atoms with Crippen LogP contribution < -0.4 is 10.2 Å². The van der Waals surface area contributed by atoms with Crippen molar-refractivity contribution in [2.75, 3.05) is 6.61 Å². The number of aromatic hydroxyl groups is 4. The Kier molecular flexibility index (Phi) is 8.54. The van der Waals surface area contributed by atoms with E-state index in [2.05, 4.69) is 0 Å². The summed E-state index contributed by atoms with van der Waals surface area (Å²) in [6, 6.07) is 13.2. The molecule has 2 aliphatic heterocycles. The van der Waals surface area contributed by atoms with Gasteiger partial charge >= 0.3 is 0 Å². The first-order chi connectivity index (χ1) is 20.5. The Hall–Kier alpha value is -4.63. The molecule has 13 nitrogen and oxygen atoms in total. The Balaban J connectivity index is 1.39. The molecule has 1 aliphatic carbocycles. The summed E-state index contributed by atoms with van der Waals surface area (Å²) in [6.45, 7) is -0.445. The molecule has 0 saturated carbocycles. The maximum absolute atomic E-state index is 12.0. The predicted molar refractivity (Wildman–Crippen MR) is 148 cm³/mol. The van der Waals surface area contributed by atoms with Crippen LogP contribution in [0.15, 0.2) is 76.0 Å². The van der Waals surface area contributed by atoms with Gasteiger partial charge in [-0.05, 0) is 48.0 Å². The number of aliphatic hydroxyl groups excluding tert-OH is 4. The highest BCUT2D eigenvalue weighted by molar-refractivity contribution is 5.76. The smallest absolute Gasteiger partial charge is 0.229 e. The van der Waals surface area contributed by atoms with Crippen LogP contribution in [-0.4, -0.2) is 84.5 Å². The summed E-state index contributed by atoms with van der Waals surface area (Å²) in [5, 5.41) is 81.4. The van der Waals surface area contributed by atoms with Gasteiger partial charge in [0.15, 0.2) is 34.7 Å². The standard InChI is InChI=1S/C30H28O13/c31-16-5-1-14(2-6-16)3-8-25(36)40-13-24-26(37)27(38)28(39)30(43-24)42-23-12-18-20(34)10-17(32)11-22(18)41-29(23)15-4-7-19(33)21(35)9-15/h1-12,24-28,30-31,33-39H,13H2. The number of hydrogen-bond acceptors (Lipinski definition) is 13. The number of aliphatic hydroxyl groups is 4. The molecule has 0 bridgehead atoms. The molecule has 226 valence electrons. The van der Waals surface area contributed by atoms with Gasteiger partial charge in [-0.2, -0.15) is 0 Å². The zero-order valence-corrected chi connectivity index (χ0v) is 22.2. The van der Waals surface area contributed by atoms with Crippen molar-refractivity contribution >= 4 is 6.08 Å². The van der Waals surface area contributed by atoms with E-state index in [1.807, 2.05) is 0 Å². The van der Waals surface area contributed by atoms with Crippen LogP contribution in [0.25, 0.3) is 28.7 Å². The minimum absolute atomic E-state index is 0.0406. The fourth-order valence-electron chi connectivity index (χ4n) is 4.43. The average Bonchev–Trinajstić information content (AvgIpc) is 2.98. The molecule has 1 saturated heterocycles. The van der Waals surface area contributed by atoms with E-state index in [9.17, 15) is 45.6 Å². The number of phenolic OH excluding ortho intramolecular Hbond substituents is 4. The highest BCUT2D eigenvalue weighted by Gasteiger charge is 2.45. The number of fused-ring (bicyclic) bond motifs is 1. The van der Waals surface area contributed by atoms with Crippen molar-refractivity contribution in [1.29, 1.82) is 0 Å². The van der Waals surface area contributed by atoms with Crippen molar-refractivity contribution in [2.24, 2.45) is 0 Å². The van der Waals surface area contributed by atoms with Crippen LogP contribution in [0.1, 0.15) is 5.56 Å². The van der Waals surface area contributed by atoms with Gasteiger partial charge in [-0.1, -0.05) is 18.2 Å². The van der Waals surface area contributed by atoms with Crippen LogP contribution in [0.5, 0.6) is 28.7 Å². The summed E-state index contributed by atoms with van der Waals surface area (Å²) >= 11 is 0. The SMILES string of the molecule is O=c1cc2oc(-c3ccc(O)c(O)c3)c(OC3OC(COC(O)C=Cc4ccc(O)cc4)C(O)C(O)C3O)cc-2c(O)c1. The summed E-state index contributed by atoms with van der Waals surface area (Å²) < 4.78 is 22.7. The second-order valence-electron chi connectivity index (χ2n) is 9.80. The molecule has 5 rings (SSSR count). The van der Waals surface area contributed by atoms with Crippen LogP contribution in [0, 0.1) is 0 Å². The fraction of sp³-hybridized carbons (Fsp3) is 0.233. The van der Waals surface area contributed by atoms with Crippen molar-refractivity contribution < 1.29 is 59.5 Å². The molecular weight excluding hydrogens is 568 g/mol. The van der Waals surface area contributed by atoms with E-state index in [1.54, 1.807) is 12.1 Å². The molecular formula is C30H28O13. The van der Waals surface area contributed by atoms with E-state index in [0.29, 0.717) is 5.56 Å². The van der Waals surface area contributed by atoms with Gasteiger partial charge in [-0.25, -0.2) is 0 Å². The number of benzene rings is 3. The van der Waals surface area contributed by atoms with E-state index in [4.69, 9.17) is 18.6 Å². The van der Waals surface area contributed by atoms with Gasteiger partial charge in [0.05, 0.1) is 12.2 Å². The van der Waals surface area contributed by atoms with E-state index in [-0.39, 0.29) is 34.1 Å². The summed E-state index contributed by atoms with van der Waals surface area (Å²) in [5.41, 5.74) is 0.332. The van der Waals surface area contributed by atoms with Crippen molar-refractivity contribution in [3.05, 3.63) is 82.5 Å². The monoisotopic (exact) mass is 596 g/mol. The Labute approximate surface area is 243 Å². The van der Waals surface area contributed by atoms with Gasteiger partial charge in [0.2, 0.25) is 6.29 Å². The van der Waals surface area contributed by atoms with Crippen LogP contribution in [-0.2, 0) is 9.47 Å². The first kappa shape index (κ1) is 29.8. The van der Waals surface area contributed by atoms with Gasteiger partial charge in [-0.15, -0.1) is 0 Å². The Morgan fingerprint density at radius 2 is 1.58 bits per heavy atom. The van der Waals surface area contributed by atoms with Gasteiger partial charge in [0.1, 0.15) is 41.7 Å². The molecule has 0 aromatic heterocycles. The van der Waals surface area contributed by atoms with Gasteiger partial charge in [0, 0.05) is 17.7 Å². The number of phenols is 4. The lowest BCUT2D eigenvalue weighted by Gasteiger charge is -2.40. The van der Waals surface area contributed by atoms with Crippen LogP contribution in [0.2, 0.25) is 0 Å². The third kappa shape index (κ3) is 6.57. The van der Waals surface area contributed by atoms with Crippen LogP contribution >= 0.6 is 0 Å². The van der Waals surface area contributed by atoms with Crippen molar-refractivity contribution in [3.63, 3.8) is 0 Å². The lowest BCUT2D eigenvalue weighted by atomic mass is 9.99. The topological polar surface area (TPSA) is 220 Å². The lowest BCUT2D eigenvalue weighted by molar-refractivity contribution is -0.284. The summed E-state index contributed by atoms with van der Waals surface area (Å²) in [6.07, 6.45) is -6.76. The summed E-state index contributed by atoms with van der Waals surface area (Å²) in [7, 11) is 0. The number of hydrogen-bond donors (Lipinski definition) is 8. The molecule has 2 aromatic rings. The number of rotatable bonds is 8. The Morgan fingerprint density at radius 1 is 0.837 bits per heavy atom. The quantitative estimate of drug-likeness (QED) is 0.107. The third-order valence-corrected chi connectivity index (χ3v) is 6.73. The van der Waals surface area contributed by atoms with Crippen molar-refractivity contribution in [3.8, 4) is 51.4 Å². The molecule has 13 heteroatoms. The fourth-order valence-corrected chi connectivity index (χ4v) is 4.43. The highest BCUT2D eigenvalue weighted by atomic mass is 16.7. The Bertz CT molecular complexity index is 1630. The first-order valence-electron chi connectivity index (χ1n) is 13.0. The van der Waals surface area contributed by atoms with E-state index >= 15 is 0 Å². The largest absolute Gasteiger partial charge is 0.508 e. The molecule has 0 amide bonds. The molecule has 6 atom stereocenters. The minimum atomic E-state index is -1.79. The van der Waals surface area contributed by atoms with Crippen molar-refractivity contribution in [1.82, 2.24) is 0 Å². The van der Waals surface area contributed by atoms with E-state index in [0.717, 1.165) is 18.2 Å². The molecule has 1 fully saturated rings. The molecule has 0 spiro atoms. The second kappa shape index (κ2) is 12.3. The molecule has 2 aromatic carbocycles. The normalized spacial score (nSPS) is 23.0. The summed E-state index contributed by atoms with van der Waals surface area (Å²) in [4.78, 5) is 12.0. The Morgan fingerprint density at radius 3 is 2.30 bits per heavy atom.